The van der Waals surface area contributed by atoms with Crippen molar-refractivity contribution in [3.8, 4) is 0 Å². The fourth-order valence-corrected chi connectivity index (χ4v) is 2.94. The minimum Gasteiger partial charge on any atom is -0.480 e. The van der Waals surface area contributed by atoms with Crippen molar-refractivity contribution in [3.63, 3.8) is 0 Å². The maximum Gasteiger partial charge on any atom is 0.407 e. The van der Waals surface area contributed by atoms with Gasteiger partial charge in [-0.3, -0.25) is 14.4 Å². The summed E-state index contributed by atoms with van der Waals surface area (Å²) in [5, 5.41) is 16.0. The van der Waals surface area contributed by atoms with Gasteiger partial charge in [0.15, 0.2) is 0 Å². The number of alkyl carbamates (subject to hydrolysis) is 1. The summed E-state index contributed by atoms with van der Waals surface area (Å²) in [7, 11) is 3.12. The van der Waals surface area contributed by atoms with Crippen molar-refractivity contribution in [1.29, 1.82) is 0 Å². The number of carboxylic acids is 1. The number of rotatable bonds is 11. The Balaban J connectivity index is 0. The molecule has 0 spiro atoms. The lowest BCUT2D eigenvalue weighted by molar-refractivity contribution is -0.142. The first kappa shape index (κ1) is 37.5. The molecule has 1 aromatic carbocycles. The normalized spacial score (nSPS) is 11.7. The van der Waals surface area contributed by atoms with E-state index >= 15 is 0 Å². The van der Waals surface area contributed by atoms with Gasteiger partial charge in [-0.2, -0.15) is 0 Å². The van der Waals surface area contributed by atoms with E-state index in [2.05, 4.69) is 48.9 Å². The molecule has 11 nitrogen and oxygen atoms in total. The number of aliphatic carboxylic acids is 1. The number of nitrogens with zero attached hydrogens (tertiary/aromatic N) is 1. The predicted octanol–water partition coefficient (Wildman–Crippen LogP) is 3.11. The zero-order valence-corrected chi connectivity index (χ0v) is 24.9. The highest BCUT2D eigenvalue weighted by molar-refractivity contribution is 5.86. The third-order valence-corrected chi connectivity index (χ3v) is 4.65. The largest absolute Gasteiger partial charge is 0.480 e. The molecular weight excluding hydrogens is 504 g/mol. The van der Waals surface area contributed by atoms with Gasteiger partial charge >= 0.3 is 12.1 Å². The van der Waals surface area contributed by atoms with Crippen LogP contribution in [0.2, 0.25) is 0 Å². The third kappa shape index (κ3) is 24.5. The quantitative estimate of drug-likeness (QED) is 0.308. The summed E-state index contributed by atoms with van der Waals surface area (Å²) in [6.07, 6.45) is 1.000. The molecule has 0 heterocycles. The van der Waals surface area contributed by atoms with E-state index in [1.165, 1.54) is 10.5 Å². The van der Waals surface area contributed by atoms with Gasteiger partial charge in [-0.05, 0) is 53.4 Å². The van der Waals surface area contributed by atoms with Crippen LogP contribution >= 0.6 is 0 Å². The van der Waals surface area contributed by atoms with Gasteiger partial charge in [-0.1, -0.05) is 49.7 Å². The Morgan fingerprint density at radius 3 is 1.97 bits per heavy atom. The summed E-state index contributed by atoms with van der Waals surface area (Å²) in [4.78, 5) is 56.0. The molecule has 0 radical (unpaired) electrons. The van der Waals surface area contributed by atoms with Crippen LogP contribution in [0.1, 0.15) is 66.4 Å². The van der Waals surface area contributed by atoms with Crippen LogP contribution in [0.25, 0.3) is 0 Å². The zero-order chi connectivity index (χ0) is 30.6. The van der Waals surface area contributed by atoms with Crippen molar-refractivity contribution >= 4 is 30.3 Å². The molecule has 0 aliphatic rings. The van der Waals surface area contributed by atoms with Gasteiger partial charge in [0.05, 0.1) is 6.54 Å². The lowest BCUT2D eigenvalue weighted by Crippen LogP contribution is -2.44. The fraction of sp³-hybridized carbons (Fsp3) is 0.607. The van der Waals surface area contributed by atoms with Gasteiger partial charge in [0, 0.05) is 26.6 Å². The predicted molar refractivity (Wildman–Crippen MR) is 151 cm³/mol. The van der Waals surface area contributed by atoms with Crippen LogP contribution < -0.4 is 16.0 Å². The topological polar surface area (TPSA) is 154 Å². The molecule has 0 saturated heterocycles. The van der Waals surface area contributed by atoms with Gasteiger partial charge in [0.25, 0.3) is 0 Å². The molecule has 39 heavy (non-hydrogen) atoms. The van der Waals surface area contributed by atoms with Gasteiger partial charge < -0.3 is 30.7 Å². The summed E-state index contributed by atoms with van der Waals surface area (Å²) in [6, 6.07) is 9.29. The molecule has 0 aliphatic carbocycles. The summed E-state index contributed by atoms with van der Waals surface area (Å²) in [6.45, 7) is 13.6. The van der Waals surface area contributed by atoms with Gasteiger partial charge in [-0.15, -0.1) is 0 Å². The summed E-state index contributed by atoms with van der Waals surface area (Å²) in [5.74, 6) is -1.48. The fourth-order valence-electron chi connectivity index (χ4n) is 2.94. The van der Waals surface area contributed by atoms with Crippen LogP contribution in [0.15, 0.2) is 30.3 Å². The first-order valence-corrected chi connectivity index (χ1v) is 12.9. The van der Waals surface area contributed by atoms with Crippen molar-refractivity contribution < 1.29 is 33.8 Å². The van der Waals surface area contributed by atoms with E-state index in [1.807, 2.05) is 45.9 Å². The monoisotopic (exact) mass is 552 g/mol. The summed E-state index contributed by atoms with van der Waals surface area (Å²) < 4.78 is 5.14. The molecule has 2 unspecified atom stereocenters. The second kappa shape index (κ2) is 20.3. The summed E-state index contributed by atoms with van der Waals surface area (Å²) in [5.41, 5.74) is 0.907. The lowest BCUT2D eigenvalue weighted by atomic mass is 10.1. The number of carboxylic acid groups (broad SMARTS) is 1. The number of benzene rings is 1. The van der Waals surface area contributed by atoms with Crippen molar-refractivity contribution in [2.75, 3.05) is 20.6 Å². The number of ether oxygens (including phenoxy) is 1. The molecule has 4 N–H and O–H groups in total. The second-order valence-corrected chi connectivity index (χ2v) is 10.6. The van der Waals surface area contributed by atoms with Crippen LogP contribution in [0.5, 0.6) is 0 Å². The Bertz CT molecular complexity index is 868. The Kier molecular flexibility index (Phi) is 19.6. The summed E-state index contributed by atoms with van der Waals surface area (Å²) >= 11 is 0. The number of hydrogen-bond donors (Lipinski definition) is 4. The molecule has 222 valence electrons. The SMILES string of the molecule is CC(C)CC(C)NC(=O)OC(C)(C)C.CN(C)C(=O)CCC(NC(=O)CNC=O)C(=O)O.Cc1ccccc1. The molecule has 0 aromatic heterocycles. The van der Waals surface area contributed by atoms with Crippen molar-refractivity contribution in [2.24, 2.45) is 5.92 Å². The highest BCUT2D eigenvalue weighted by Gasteiger charge is 2.21. The average molecular weight is 553 g/mol. The number of aryl methyl sites for hydroxylation is 1. The highest BCUT2D eigenvalue weighted by Crippen LogP contribution is 2.08. The molecule has 4 amide bonds. The van der Waals surface area contributed by atoms with Gasteiger partial charge in [0.1, 0.15) is 11.6 Å². The van der Waals surface area contributed by atoms with E-state index in [9.17, 15) is 24.0 Å². The number of hydrogen-bond acceptors (Lipinski definition) is 6. The Morgan fingerprint density at radius 1 is 1.03 bits per heavy atom. The molecule has 0 saturated carbocycles. The van der Waals surface area contributed by atoms with E-state index in [0.717, 1.165) is 6.42 Å². The Labute approximate surface area is 233 Å². The molecule has 0 fully saturated rings. The van der Waals surface area contributed by atoms with E-state index in [-0.39, 0.29) is 37.4 Å². The maximum atomic E-state index is 11.3. The number of nitrogens with one attached hydrogen (secondary N) is 3. The van der Waals surface area contributed by atoms with E-state index in [4.69, 9.17) is 9.84 Å². The molecule has 0 aliphatic heterocycles. The first-order valence-electron chi connectivity index (χ1n) is 12.9. The second-order valence-electron chi connectivity index (χ2n) is 10.6. The van der Waals surface area contributed by atoms with E-state index in [1.54, 1.807) is 14.1 Å². The van der Waals surface area contributed by atoms with Crippen molar-refractivity contribution in [3.05, 3.63) is 35.9 Å². The van der Waals surface area contributed by atoms with E-state index < -0.39 is 23.5 Å². The lowest BCUT2D eigenvalue weighted by Gasteiger charge is -2.22. The zero-order valence-electron chi connectivity index (χ0n) is 24.9. The standard InChI is InChI=1S/C11H23NO2.C10H17N3O5.C7H8/c1-8(2)7-9(3)12-10(13)14-11(4,5)6;1-13(2)9(16)4-3-7(10(17)18)12-8(15)5-11-6-14;1-7-5-3-2-4-6-7/h8-9H,7H2,1-6H3,(H,12,13);6-7H,3-5H2,1-2H3,(H,11,14)(H,12,15)(H,17,18);2-6H,1H3. The number of carbonyl (C=O) groups excluding carboxylic acids is 4. The van der Waals surface area contributed by atoms with Crippen LogP contribution in [0.3, 0.4) is 0 Å². The van der Waals surface area contributed by atoms with Crippen LogP contribution in [0, 0.1) is 12.8 Å². The Morgan fingerprint density at radius 2 is 1.59 bits per heavy atom. The molecule has 1 aromatic rings. The smallest absolute Gasteiger partial charge is 0.407 e. The Hall–Kier alpha value is -3.63. The van der Waals surface area contributed by atoms with Crippen molar-refractivity contribution in [2.45, 2.75) is 85.4 Å². The van der Waals surface area contributed by atoms with Crippen LogP contribution in [0.4, 0.5) is 4.79 Å². The van der Waals surface area contributed by atoms with Gasteiger partial charge in [-0.25, -0.2) is 9.59 Å². The molecule has 11 heteroatoms. The first-order chi connectivity index (χ1) is 18.0. The molecule has 1 rings (SSSR count). The third-order valence-electron chi connectivity index (χ3n) is 4.65. The van der Waals surface area contributed by atoms with Crippen LogP contribution in [-0.4, -0.2) is 78.6 Å². The number of carbonyl (C=O) groups is 5. The molecule has 2 atom stereocenters. The minimum absolute atomic E-state index is 0.000818. The molecule has 0 bridgehead atoms. The van der Waals surface area contributed by atoms with Crippen molar-refractivity contribution in [1.82, 2.24) is 20.9 Å². The van der Waals surface area contributed by atoms with E-state index in [0.29, 0.717) is 12.3 Å². The maximum absolute atomic E-state index is 11.3. The van der Waals surface area contributed by atoms with Crippen LogP contribution in [-0.2, 0) is 23.9 Å². The minimum atomic E-state index is -1.22. The highest BCUT2D eigenvalue weighted by atomic mass is 16.6. The average Bonchev–Trinajstić information content (AvgIpc) is 2.79. The number of amides is 4. The molecular formula is C28H48N4O7. The van der Waals surface area contributed by atoms with Gasteiger partial charge in [0.2, 0.25) is 18.2 Å².